The minimum Gasteiger partial charge on any atom is -0.464 e. The van der Waals surface area contributed by atoms with E-state index in [9.17, 15) is 9.00 Å². The maximum atomic E-state index is 11.6. The summed E-state index contributed by atoms with van der Waals surface area (Å²) in [5.74, 6) is 1.53. The highest BCUT2D eigenvalue weighted by Crippen LogP contribution is 2.10. The highest BCUT2D eigenvalue weighted by molar-refractivity contribution is 7.84. The van der Waals surface area contributed by atoms with E-state index < -0.39 is 10.8 Å². The predicted octanol–water partition coefficient (Wildman–Crippen LogP) is 0.772. The summed E-state index contributed by atoms with van der Waals surface area (Å²) in [5, 5.41) is 5.68. The molecule has 6 heteroatoms. The van der Waals surface area contributed by atoms with Crippen molar-refractivity contribution in [1.82, 2.24) is 10.6 Å². The Morgan fingerprint density at radius 3 is 2.67 bits per heavy atom. The lowest BCUT2D eigenvalue weighted by molar-refractivity contribution is -0.118. The van der Waals surface area contributed by atoms with Gasteiger partial charge in [-0.05, 0) is 12.1 Å². The van der Waals surface area contributed by atoms with E-state index in [1.807, 2.05) is 6.07 Å². The van der Waals surface area contributed by atoms with E-state index in [1.54, 1.807) is 6.07 Å². The van der Waals surface area contributed by atoms with Gasteiger partial charge >= 0.3 is 0 Å². The van der Waals surface area contributed by atoms with E-state index in [1.165, 1.54) is 7.05 Å². The molecule has 0 aliphatic rings. The largest absolute Gasteiger partial charge is 0.464 e. The minimum atomic E-state index is -1.23. The van der Waals surface area contributed by atoms with Crippen LogP contribution in [0.25, 0.3) is 0 Å². The smallest absolute Gasteiger partial charge is 0.232 e. The third-order valence-corrected chi connectivity index (χ3v) is 3.47. The second kappa shape index (κ2) is 7.33. The quantitative estimate of drug-likeness (QED) is 0.769. The number of carbonyl (C=O) groups excluding carboxylic acids is 1. The van der Waals surface area contributed by atoms with Crippen LogP contribution in [0.15, 0.2) is 16.5 Å². The summed E-state index contributed by atoms with van der Waals surface area (Å²) in [6.07, 6.45) is 0. The molecule has 0 spiro atoms. The number of hydrogen-bond acceptors (Lipinski definition) is 4. The zero-order valence-electron chi connectivity index (χ0n) is 11.0. The molecule has 1 aromatic rings. The minimum absolute atomic E-state index is 0.0107. The first-order chi connectivity index (χ1) is 8.51. The van der Waals surface area contributed by atoms with E-state index in [4.69, 9.17) is 4.42 Å². The van der Waals surface area contributed by atoms with Gasteiger partial charge in [0, 0.05) is 23.9 Å². The van der Waals surface area contributed by atoms with Crippen molar-refractivity contribution in [1.29, 1.82) is 0 Å². The molecule has 0 aromatic carbocycles. The molecule has 0 saturated heterocycles. The van der Waals surface area contributed by atoms with Gasteiger partial charge in [-0.25, -0.2) is 0 Å². The fourth-order valence-corrected chi connectivity index (χ4v) is 2.34. The summed E-state index contributed by atoms with van der Waals surface area (Å²) in [4.78, 5) is 11.1. The lowest BCUT2D eigenvalue weighted by Crippen LogP contribution is -2.24. The molecule has 0 aliphatic carbocycles. The van der Waals surface area contributed by atoms with Gasteiger partial charge in [0.1, 0.15) is 17.3 Å². The van der Waals surface area contributed by atoms with Crippen molar-refractivity contribution in [2.24, 2.45) is 0 Å². The topological polar surface area (TPSA) is 71.3 Å². The van der Waals surface area contributed by atoms with Gasteiger partial charge < -0.3 is 15.1 Å². The van der Waals surface area contributed by atoms with Crippen molar-refractivity contribution < 1.29 is 13.4 Å². The highest BCUT2D eigenvalue weighted by atomic mass is 32.2. The van der Waals surface area contributed by atoms with Crippen LogP contribution in [-0.2, 0) is 27.9 Å². The molecule has 0 bridgehead atoms. The van der Waals surface area contributed by atoms with E-state index in [-0.39, 0.29) is 17.4 Å². The van der Waals surface area contributed by atoms with Crippen LogP contribution in [0.4, 0.5) is 0 Å². The van der Waals surface area contributed by atoms with E-state index in [0.717, 1.165) is 5.76 Å². The van der Waals surface area contributed by atoms with Crippen LogP contribution in [0, 0.1) is 0 Å². The molecule has 0 fully saturated rings. The lowest BCUT2D eigenvalue weighted by Gasteiger charge is -2.05. The Kier molecular flexibility index (Phi) is 6.07. The second-order valence-electron chi connectivity index (χ2n) is 4.31. The molecule has 1 unspecified atom stereocenters. The van der Waals surface area contributed by atoms with Crippen molar-refractivity contribution in [3.63, 3.8) is 0 Å². The Bertz CT molecular complexity index is 415. The first-order valence-corrected chi connectivity index (χ1v) is 7.36. The molecule has 1 heterocycles. The lowest BCUT2D eigenvalue weighted by atomic mass is 10.3. The highest BCUT2D eigenvalue weighted by Gasteiger charge is 2.10. The van der Waals surface area contributed by atoms with Crippen molar-refractivity contribution in [2.75, 3.05) is 12.8 Å². The molecular formula is C12H20N2O3S. The van der Waals surface area contributed by atoms with Crippen LogP contribution in [0.2, 0.25) is 0 Å². The van der Waals surface area contributed by atoms with Gasteiger partial charge in [0.15, 0.2) is 0 Å². The van der Waals surface area contributed by atoms with Crippen LogP contribution in [0.3, 0.4) is 0 Å². The molecule has 1 atom stereocenters. The fraction of sp³-hybridized carbons (Fsp3) is 0.583. The average molecular weight is 272 g/mol. The van der Waals surface area contributed by atoms with Gasteiger partial charge in [-0.15, -0.1) is 0 Å². The van der Waals surface area contributed by atoms with Crippen molar-refractivity contribution in [3.8, 4) is 0 Å². The molecule has 0 radical (unpaired) electrons. The number of rotatable bonds is 7. The van der Waals surface area contributed by atoms with Crippen LogP contribution < -0.4 is 10.6 Å². The molecule has 2 N–H and O–H groups in total. The third kappa shape index (κ3) is 5.46. The standard InChI is InChI=1S/C12H20N2O3S/c1-9(2)14-6-10-4-5-11(17-10)7-18(16)8-12(15)13-3/h4-5,9,14H,6-8H2,1-3H3,(H,13,15). The molecule has 1 rings (SSSR count). The van der Waals surface area contributed by atoms with Crippen LogP contribution in [0.1, 0.15) is 25.4 Å². The van der Waals surface area contributed by atoms with Gasteiger partial charge in [0.2, 0.25) is 5.91 Å². The van der Waals surface area contributed by atoms with Gasteiger partial charge in [0.05, 0.1) is 12.3 Å². The Morgan fingerprint density at radius 1 is 1.39 bits per heavy atom. The first-order valence-electron chi connectivity index (χ1n) is 5.87. The number of hydrogen-bond donors (Lipinski definition) is 2. The van der Waals surface area contributed by atoms with Crippen molar-refractivity contribution >= 4 is 16.7 Å². The number of furan rings is 1. The predicted molar refractivity (Wildman–Crippen MR) is 71.5 cm³/mol. The van der Waals surface area contributed by atoms with E-state index in [2.05, 4.69) is 24.5 Å². The zero-order chi connectivity index (χ0) is 13.5. The Hall–Kier alpha value is -1.14. The normalized spacial score (nSPS) is 12.7. The SMILES string of the molecule is CNC(=O)CS(=O)Cc1ccc(CNC(C)C)o1. The van der Waals surface area contributed by atoms with Gasteiger partial charge in [-0.1, -0.05) is 13.8 Å². The number of carbonyl (C=O) groups is 1. The monoisotopic (exact) mass is 272 g/mol. The molecule has 1 aromatic heterocycles. The van der Waals surface area contributed by atoms with E-state index >= 15 is 0 Å². The summed E-state index contributed by atoms with van der Waals surface area (Å²) in [6.45, 7) is 4.77. The van der Waals surface area contributed by atoms with Gasteiger partial charge in [-0.2, -0.15) is 0 Å². The maximum Gasteiger partial charge on any atom is 0.232 e. The molecule has 5 nitrogen and oxygen atoms in total. The number of nitrogens with one attached hydrogen (secondary N) is 2. The molecular weight excluding hydrogens is 252 g/mol. The molecule has 102 valence electrons. The number of amides is 1. The molecule has 0 aliphatic heterocycles. The van der Waals surface area contributed by atoms with E-state index in [0.29, 0.717) is 18.3 Å². The molecule has 18 heavy (non-hydrogen) atoms. The Balaban J connectivity index is 2.43. The first kappa shape index (κ1) is 14.9. The summed E-state index contributed by atoms with van der Waals surface area (Å²) >= 11 is 0. The Labute approximate surface area is 110 Å². The molecule has 0 saturated carbocycles. The maximum absolute atomic E-state index is 11.6. The zero-order valence-corrected chi connectivity index (χ0v) is 11.8. The average Bonchev–Trinajstić information content (AvgIpc) is 2.73. The molecule has 1 amide bonds. The van der Waals surface area contributed by atoms with Gasteiger partial charge in [0.25, 0.3) is 0 Å². The summed E-state index contributed by atoms with van der Waals surface area (Å²) in [5.41, 5.74) is 0. The van der Waals surface area contributed by atoms with Crippen LogP contribution in [-0.4, -0.2) is 29.0 Å². The summed E-state index contributed by atoms with van der Waals surface area (Å²) < 4.78 is 17.2. The van der Waals surface area contributed by atoms with Gasteiger partial charge in [-0.3, -0.25) is 9.00 Å². The Morgan fingerprint density at radius 2 is 2.06 bits per heavy atom. The van der Waals surface area contributed by atoms with Crippen molar-refractivity contribution in [3.05, 3.63) is 23.7 Å². The summed E-state index contributed by atoms with van der Waals surface area (Å²) in [7, 11) is 0.303. The summed E-state index contributed by atoms with van der Waals surface area (Å²) in [6, 6.07) is 4.06. The van der Waals surface area contributed by atoms with Crippen LogP contribution >= 0.6 is 0 Å². The third-order valence-electron chi connectivity index (χ3n) is 2.28. The van der Waals surface area contributed by atoms with Crippen molar-refractivity contribution in [2.45, 2.75) is 32.2 Å². The van der Waals surface area contributed by atoms with Crippen LogP contribution in [0.5, 0.6) is 0 Å². The second-order valence-corrected chi connectivity index (χ2v) is 5.76. The fourth-order valence-electron chi connectivity index (χ4n) is 1.33.